The van der Waals surface area contributed by atoms with Gasteiger partial charge in [-0.2, -0.15) is 0 Å². The Bertz CT molecular complexity index is 838. The lowest BCUT2D eigenvalue weighted by Gasteiger charge is -2.16. The molecule has 0 fully saturated rings. The van der Waals surface area contributed by atoms with Crippen LogP contribution >= 0.6 is 0 Å². The fourth-order valence-electron chi connectivity index (χ4n) is 2.99. The topological polar surface area (TPSA) is 73.9 Å². The second-order valence-corrected chi connectivity index (χ2v) is 7.12. The van der Waals surface area contributed by atoms with E-state index in [4.69, 9.17) is 14.2 Å². The molecule has 2 aromatic carbocycles. The van der Waals surface area contributed by atoms with Crippen LogP contribution in [0.2, 0.25) is 0 Å². The molecule has 0 bridgehead atoms. The maximum absolute atomic E-state index is 12.3. The van der Waals surface area contributed by atoms with E-state index in [1.54, 1.807) is 20.3 Å². The zero-order valence-electron chi connectivity index (χ0n) is 17.7. The third-order valence-corrected chi connectivity index (χ3v) is 4.58. The fraction of sp³-hybridized carbons (Fsp3) is 0.391. The molecule has 1 amide bonds. The molecule has 0 aliphatic rings. The van der Waals surface area contributed by atoms with E-state index in [2.05, 4.69) is 19.2 Å². The van der Waals surface area contributed by atoms with E-state index in [-0.39, 0.29) is 24.9 Å². The van der Waals surface area contributed by atoms with Gasteiger partial charge in [-0.1, -0.05) is 32.0 Å². The van der Waals surface area contributed by atoms with Crippen LogP contribution in [0.3, 0.4) is 0 Å². The highest BCUT2D eigenvalue weighted by Crippen LogP contribution is 2.27. The molecule has 0 atom stereocenters. The Kier molecular flexibility index (Phi) is 8.07. The van der Waals surface area contributed by atoms with Crippen molar-refractivity contribution in [3.8, 4) is 11.5 Å². The van der Waals surface area contributed by atoms with Crippen molar-refractivity contribution in [2.75, 3.05) is 26.1 Å². The van der Waals surface area contributed by atoms with Crippen LogP contribution in [0, 0.1) is 6.92 Å². The van der Waals surface area contributed by atoms with Gasteiger partial charge in [-0.15, -0.1) is 0 Å². The summed E-state index contributed by atoms with van der Waals surface area (Å²) < 4.78 is 15.6. The van der Waals surface area contributed by atoms with Gasteiger partial charge in [-0.25, -0.2) is 0 Å². The van der Waals surface area contributed by atoms with Gasteiger partial charge in [0, 0.05) is 18.2 Å². The molecule has 0 aromatic heterocycles. The lowest BCUT2D eigenvalue weighted by molar-refractivity contribution is -0.147. The minimum atomic E-state index is -0.434. The van der Waals surface area contributed by atoms with Gasteiger partial charge < -0.3 is 19.5 Å². The molecule has 2 rings (SSSR count). The number of methoxy groups -OCH3 is 2. The van der Waals surface area contributed by atoms with Gasteiger partial charge in [0.05, 0.1) is 14.2 Å². The molecule has 0 aliphatic carbocycles. The molecule has 0 unspecified atom stereocenters. The van der Waals surface area contributed by atoms with Crippen LogP contribution in [0.1, 0.15) is 42.9 Å². The van der Waals surface area contributed by atoms with E-state index < -0.39 is 5.97 Å². The van der Waals surface area contributed by atoms with Crippen LogP contribution in [0.15, 0.2) is 36.4 Å². The summed E-state index contributed by atoms with van der Waals surface area (Å²) in [4.78, 5) is 24.3. The molecule has 0 spiro atoms. The third kappa shape index (κ3) is 6.52. The highest BCUT2D eigenvalue weighted by Gasteiger charge is 2.14. The summed E-state index contributed by atoms with van der Waals surface area (Å²) in [5.41, 5.74) is 3.70. The van der Waals surface area contributed by atoms with Gasteiger partial charge in [0.1, 0.15) is 11.5 Å². The number of carbonyl (C=O) groups is 2. The maximum atomic E-state index is 12.3. The molecule has 6 heteroatoms. The number of hydrogen-bond acceptors (Lipinski definition) is 5. The third-order valence-electron chi connectivity index (χ3n) is 4.58. The first-order valence-corrected chi connectivity index (χ1v) is 9.61. The fourth-order valence-corrected chi connectivity index (χ4v) is 2.99. The second-order valence-electron chi connectivity index (χ2n) is 7.12. The highest BCUT2D eigenvalue weighted by atomic mass is 16.5. The summed E-state index contributed by atoms with van der Waals surface area (Å²) in [7, 11) is 3.15. The van der Waals surface area contributed by atoms with Crippen LogP contribution in [0.5, 0.6) is 11.5 Å². The Morgan fingerprint density at radius 3 is 2.28 bits per heavy atom. The van der Waals surface area contributed by atoms with Gasteiger partial charge in [0.25, 0.3) is 5.91 Å². The SMILES string of the molecule is COc1cc(CCC(=O)OCC(=O)Nc2c(C)cccc2C(C)C)cc(OC)c1. The molecule has 2 aromatic rings. The minimum Gasteiger partial charge on any atom is -0.497 e. The van der Waals surface area contributed by atoms with Crippen LogP contribution in [0.25, 0.3) is 0 Å². The van der Waals surface area contributed by atoms with Gasteiger partial charge >= 0.3 is 5.97 Å². The van der Waals surface area contributed by atoms with Crippen molar-refractivity contribution < 1.29 is 23.8 Å². The molecule has 6 nitrogen and oxygen atoms in total. The van der Waals surface area contributed by atoms with Crippen LogP contribution < -0.4 is 14.8 Å². The number of nitrogens with one attached hydrogen (secondary N) is 1. The normalized spacial score (nSPS) is 10.6. The zero-order valence-corrected chi connectivity index (χ0v) is 17.7. The number of aryl methyl sites for hydroxylation is 2. The first-order valence-electron chi connectivity index (χ1n) is 9.61. The van der Waals surface area contributed by atoms with E-state index in [9.17, 15) is 9.59 Å². The van der Waals surface area contributed by atoms with Gasteiger partial charge in [-0.05, 0) is 48.1 Å². The predicted molar refractivity (Wildman–Crippen MR) is 113 cm³/mol. The van der Waals surface area contributed by atoms with Gasteiger partial charge in [0.15, 0.2) is 6.61 Å². The number of benzene rings is 2. The molecule has 156 valence electrons. The molecular weight excluding hydrogens is 370 g/mol. The van der Waals surface area contributed by atoms with E-state index in [0.29, 0.717) is 17.9 Å². The summed E-state index contributed by atoms with van der Waals surface area (Å²) in [5.74, 6) is 0.804. The average molecular weight is 399 g/mol. The lowest BCUT2D eigenvalue weighted by Crippen LogP contribution is -2.22. The van der Waals surface area contributed by atoms with Crippen molar-refractivity contribution in [2.24, 2.45) is 0 Å². The smallest absolute Gasteiger partial charge is 0.306 e. The number of para-hydroxylation sites is 1. The van der Waals surface area contributed by atoms with Crippen LogP contribution in [-0.2, 0) is 20.7 Å². The molecule has 0 saturated carbocycles. The highest BCUT2D eigenvalue weighted by molar-refractivity contribution is 5.94. The van der Waals surface area contributed by atoms with Crippen molar-refractivity contribution >= 4 is 17.6 Å². The summed E-state index contributed by atoms with van der Waals surface area (Å²) in [6.07, 6.45) is 0.620. The number of ether oxygens (including phenoxy) is 3. The van der Waals surface area contributed by atoms with Crippen LogP contribution in [0.4, 0.5) is 5.69 Å². The summed E-state index contributed by atoms with van der Waals surface area (Å²) >= 11 is 0. The Morgan fingerprint density at radius 1 is 1.03 bits per heavy atom. The van der Waals surface area contributed by atoms with Crippen molar-refractivity contribution in [3.63, 3.8) is 0 Å². The largest absolute Gasteiger partial charge is 0.497 e. The standard InChI is InChI=1S/C23H29NO5/c1-15(2)20-8-6-7-16(3)23(20)24-21(25)14-29-22(26)10-9-17-11-18(27-4)13-19(12-17)28-5/h6-8,11-13,15H,9-10,14H2,1-5H3,(H,24,25). The summed E-state index contributed by atoms with van der Waals surface area (Å²) in [5, 5.41) is 2.87. The number of amides is 1. The molecule has 1 N–H and O–H groups in total. The van der Waals surface area contributed by atoms with Gasteiger partial charge in [0.2, 0.25) is 0 Å². The second kappa shape index (κ2) is 10.5. The number of rotatable bonds is 9. The van der Waals surface area contributed by atoms with Crippen molar-refractivity contribution in [1.82, 2.24) is 0 Å². The first kappa shape index (κ1) is 22.3. The van der Waals surface area contributed by atoms with Crippen molar-refractivity contribution in [2.45, 2.75) is 39.5 Å². The van der Waals surface area contributed by atoms with Gasteiger partial charge in [-0.3, -0.25) is 9.59 Å². The zero-order chi connectivity index (χ0) is 21.4. The Morgan fingerprint density at radius 2 is 1.69 bits per heavy atom. The quantitative estimate of drug-likeness (QED) is 0.638. The van der Waals surface area contributed by atoms with E-state index in [0.717, 1.165) is 22.4 Å². The number of esters is 1. The first-order chi connectivity index (χ1) is 13.8. The summed E-state index contributed by atoms with van der Waals surface area (Å²) in [6.45, 7) is 5.76. The molecule has 0 heterocycles. The lowest BCUT2D eigenvalue weighted by atomic mass is 9.98. The van der Waals surface area contributed by atoms with Crippen molar-refractivity contribution in [3.05, 3.63) is 53.1 Å². The Hall–Kier alpha value is -3.02. The molecule has 0 saturated heterocycles. The van der Waals surface area contributed by atoms with E-state index in [1.165, 1.54) is 0 Å². The monoisotopic (exact) mass is 399 g/mol. The number of carbonyl (C=O) groups excluding carboxylic acids is 2. The molecular formula is C23H29NO5. The predicted octanol–water partition coefficient (Wildman–Crippen LogP) is 4.25. The minimum absolute atomic E-state index is 0.158. The summed E-state index contributed by atoms with van der Waals surface area (Å²) in [6, 6.07) is 11.3. The van der Waals surface area contributed by atoms with Crippen molar-refractivity contribution in [1.29, 1.82) is 0 Å². The number of anilines is 1. The molecule has 29 heavy (non-hydrogen) atoms. The molecule has 0 radical (unpaired) electrons. The Labute approximate surface area is 172 Å². The average Bonchev–Trinajstić information content (AvgIpc) is 2.71. The van der Waals surface area contributed by atoms with E-state index >= 15 is 0 Å². The number of hydrogen-bond donors (Lipinski definition) is 1. The van der Waals surface area contributed by atoms with Crippen LogP contribution in [-0.4, -0.2) is 32.7 Å². The van der Waals surface area contributed by atoms with E-state index in [1.807, 2.05) is 37.3 Å². The molecule has 0 aliphatic heterocycles. The Balaban J connectivity index is 1.88. The maximum Gasteiger partial charge on any atom is 0.306 e.